The molecule has 2 rings (SSSR count). The molecule has 0 spiro atoms. The monoisotopic (exact) mass is 258 g/mol. The largest absolute Gasteiger partial charge is 0.497 e. The highest BCUT2D eigenvalue weighted by molar-refractivity contribution is 6.04. The van der Waals surface area contributed by atoms with Crippen LogP contribution in [0.2, 0.25) is 0 Å². The average molecular weight is 258 g/mol. The summed E-state index contributed by atoms with van der Waals surface area (Å²) in [5, 5.41) is 7.44. The Hall–Kier alpha value is -2.63. The van der Waals surface area contributed by atoms with Gasteiger partial charge in [0.25, 0.3) is 5.91 Å². The molecule has 1 amide bonds. The summed E-state index contributed by atoms with van der Waals surface area (Å²) in [7, 11) is 3.24. The molecule has 0 saturated heterocycles. The maximum atomic E-state index is 12.2. The van der Waals surface area contributed by atoms with E-state index in [1.54, 1.807) is 32.4 Å². The van der Waals surface area contributed by atoms with Gasteiger partial charge in [-0.05, 0) is 24.3 Å². The van der Waals surface area contributed by atoms with Crippen LogP contribution in [0.1, 0.15) is 10.5 Å². The van der Waals surface area contributed by atoms with Crippen molar-refractivity contribution in [3.63, 3.8) is 0 Å². The van der Waals surface area contributed by atoms with E-state index >= 15 is 0 Å². The third kappa shape index (κ3) is 2.79. The molecule has 0 unspecified atom stereocenters. The van der Waals surface area contributed by atoms with Gasteiger partial charge in [0, 0.05) is 18.8 Å². The SMILES string of the molecule is COc1cccc(N(C)C(=O)c2ccc(N)nn2)c1. The van der Waals surface area contributed by atoms with Crippen LogP contribution in [0.15, 0.2) is 36.4 Å². The summed E-state index contributed by atoms with van der Waals surface area (Å²) in [6, 6.07) is 10.3. The standard InChI is InChI=1S/C13H14N4O2/c1-17(9-4-3-5-10(8-9)19-2)13(18)11-6-7-12(14)16-15-11/h3-8H,1-2H3,(H2,14,16). The van der Waals surface area contributed by atoms with Crippen LogP contribution in [0.5, 0.6) is 5.75 Å². The molecule has 2 N–H and O–H groups in total. The van der Waals surface area contributed by atoms with E-state index in [1.165, 1.54) is 4.90 Å². The number of carbonyl (C=O) groups excluding carboxylic acids is 1. The molecule has 1 aromatic carbocycles. The number of amides is 1. The molecule has 0 aliphatic rings. The quantitative estimate of drug-likeness (QED) is 0.898. The van der Waals surface area contributed by atoms with Crippen molar-refractivity contribution in [2.45, 2.75) is 0 Å². The van der Waals surface area contributed by atoms with Crippen LogP contribution >= 0.6 is 0 Å². The number of nitrogen functional groups attached to an aromatic ring is 1. The lowest BCUT2D eigenvalue weighted by Crippen LogP contribution is -2.27. The minimum absolute atomic E-state index is 0.236. The Kier molecular flexibility index (Phi) is 3.61. The van der Waals surface area contributed by atoms with Gasteiger partial charge in [0.15, 0.2) is 5.69 Å². The first-order chi connectivity index (χ1) is 9.11. The maximum absolute atomic E-state index is 12.2. The fourth-order valence-corrected chi connectivity index (χ4v) is 1.56. The summed E-state index contributed by atoms with van der Waals surface area (Å²) in [6.45, 7) is 0. The number of hydrogen-bond acceptors (Lipinski definition) is 5. The molecule has 1 aromatic heterocycles. The Balaban J connectivity index is 2.25. The van der Waals surface area contributed by atoms with Gasteiger partial charge >= 0.3 is 0 Å². The van der Waals surface area contributed by atoms with Gasteiger partial charge in [-0.25, -0.2) is 0 Å². The summed E-state index contributed by atoms with van der Waals surface area (Å²) in [6.07, 6.45) is 0. The third-order valence-corrected chi connectivity index (χ3v) is 2.65. The number of carbonyl (C=O) groups is 1. The number of ether oxygens (including phenoxy) is 1. The topological polar surface area (TPSA) is 81.3 Å². The predicted molar refractivity (Wildman–Crippen MR) is 72.2 cm³/mol. The molecule has 0 radical (unpaired) electrons. The molecule has 1 heterocycles. The van der Waals surface area contributed by atoms with Crippen LogP contribution in [-0.2, 0) is 0 Å². The molecule has 98 valence electrons. The Labute approximate surface area is 110 Å². The van der Waals surface area contributed by atoms with E-state index < -0.39 is 0 Å². The lowest BCUT2D eigenvalue weighted by Gasteiger charge is -2.17. The molecular weight excluding hydrogens is 244 g/mol. The number of aromatic nitrogens is 2. The molecular formula is C13H14N4O2. The first kappa shape index (κ1) is 12.8. The van der Waals surface area contributed by atoms with Crippen molar-refractivity contribution in [3.8, 4) is 5.75 Å². The molecule has 0 atom stereocenters. The molecule has 6 nitrogen and oxygen atoms in total. The molecule has 0 bridgehead atoms. The van der Waals surface area contributed by atoms with Crippen LogP contribution in [0.4, 0.5) is 11.5 Å². The van der Waals surface area contributed by atoms with Crippen molar-refractivity contribution in [1.29, 1.82) is 0 Å². The van der Waals surface area contributed by atoms with Crippen molar-refractivity contribution in [3.05, 3.63) is 42.1 Å². The first-order valence-electron chi connectivity index (χ1n) is 5.63. The minimum Gasteiger partial charge on any atom is -0.497 e. The highest BCUT2D eigenvalue weighted by atomic mass is 16.5. The van der Waals surface area contributed by atoms with E-state index in [0.29, 0.717) is 11.4 Å². The second-order valence-corrected chi connectivity index (χ2v) is 3.91. The summed E-state index contributed by atoms with van der Waals surface area (Å²) < 4.78 is 5.12. The molecule has 6 heteroatoms. The Morgan fingerprint density at radius 1 is 1.26 bits per heavy atom. The predicted octanol–water partition coefficient (Wildman–Crippen LogP) is 1.34. The fourth-order valence-electron chi connectivity index (χ4n) is 1.56. The Morgan fingerprint density at radius 2 is 2.05 bits per heavy atom. The van der Waals surface area contributed by atoms with Gasteiger partial charge in [-0.2, -0.15) is 0 Å². The van der Waals surface area contributed by atoms with Crippen molar-refractivity contribution < 1.29 is 9.53 Å². The summed E-state index contributed by atoms with van der Waals surface area (Å²) in [4.78, 5) is 13.7. The molecule has 0 aliphatic heterocycles. The zero-order chi connectivity index (χ0) is 13.8. The van der Waals surface area contributed by atoms with Gasteiger partial charge in [-0.15, -0.1) is 10.2 Å². The van der Waals surface area contributed by atoms with E-state index in [0.717, 1.165) is 0 Å². The zero-order valence-corrected chi connectivity index (χ0v) is 10.7. The van der Waals surface area contributed by atoms with Crippen LogP contribution in [0, 0.1) is 0 Å². The normalized spacial score (nSPS) is 10.0. The molecule has 19 heavy (non-hydrogen) atoms. The molecule has 0 saturated carbocycles. The number of nitrogens with two attached hydrogens (primary N) is 1. The van der Waals surface area contributed by atoms with E-state index in [2.05, 4.69) is 10.2 Å². The highest BCUT2D eigenvalue weighted by Gasteiger charge is 2.15. The van der Waals surface area contributed by atoms with E-state index in [1.807, 2.05) is 18.2 Å². The second kappa shape index (κ2) is 5.34. The Bertz CT molecular complexity index is 583. The summed E-state index contributed by atoms with van der Waals surface area (Å²) >= 11 is 0. The van der Waals surface area contributed by atoms with Crippen molar-refractivity contribution in [2.24, 2.45) is 0 Å². The second-order valence-electron chi connectivity index (χ2n) is 3.91. The number of nitrogens with zero attached hydrogens (tertiary/aromatic N) is 3. The van der Waals surface area contributed by atoms with Crippen LogP contribution in [-0.4, -0.2) is 30.3 Å². The number of rotatable bonds is 3. The maximum Gasteiger partial charge on any atom is 0.278 e. The van der Waals surface area contributed by atoms with Gasteiger partial charge in [0.1, 0.15) is 11.6 Å². The van der Waals surface area contributed by atoms with Gasteiger partial charge in [-0.1, -0.05) is 6.07 Å². The molecule has 2 aromatic rings. The summed E-state index contributed by atoms with van der Waals surface area (Å²) in [5.41, 5.74) is 6.38. The fraction of sp³-hybridized carbons (Fsp3) is 0.154. The number of hydrogen-bond donors (Lipinski definition) is 1. The van der Waals surface area contributed by atoms with Gasteiger partial charge in [0.2, 0.25) is 0 Å². The smallest absolute Gasteiger partial charge is 0.278 e. The van der Waals surface area contributed by atoms with Gasteiger partial charge < -0.3 is 15.4 Å². The van der Waals surface area contributed by atoms with Crippen molar-refractivity contribution in [2.75, 3.05) is 24.8 Å². The average Bonchev–Trinajstić information content (AvgIpc) is 2.46. The zero-order valence-electron chi connectivity index (χ0n) is 10.7. The third-order valence-electron chi connectivity index (χ3n) is 2.65. The summed E-state index contributed by atoms with van der Waals surface area (Å²) in [5.74, 6) is 0.696. The lowest BCUT2D eigenvalue weighted by molar-refractivity contribution is 0.0987. The van der Waals surface area contributed by atoms with E-state index in [9.17, 15) is 4.79 Å². The van der Waals surface area contributed by atoms with Gasteiger partial charge in [0.05, 0.1) is 7.11 Å². The molecule has 0 aliphatic carbocycles. The minimum atomic E-state index is -0.263. The van der Waals surface area contributed by atoms with Crippen LogP contribution < -0.4 is 15.4 Å². The van der Waals surface area contributed by atoms with Crippen LogP contribution in [0.25, 0.3) is 0 Å². The lowest BCUT2D eigenvalue weighted by atomic mass is 10.2. The highest BCUT2D eigenvalue weighted by Crippen LogP contribution is 2.20. The van der Waals surface area contributed by atoms with E-state index in [4.69, 9.17) is 10.5 Å². The molecule has 0 fully saturated rings. The number of benzene rings is 1. The number of anilines is 2. The van der Waals surface area contributed by atoms with Gasteiger partial charge in [-0.3, -0.25) is 4.79 Å². The Morgan fingerprint density at radius 3 is 2.68 bits per heavy atom. The van der Waals surface area contributed by atoms with Crippen LogP contribution in [0.3, 0.4) is 0 Å². The number of methoxy groups -OCH3 is 1. The van der Waals surface area contributed by atoms with Crippen molar-refractivity contribution in [1.82, 2.24) is 10.2 Å². The first-order valence-corrected chi connectivity index (χ1v) is 5.63. The van der Waals surface area contributed by atoms with Crippen molar-refractivity contribution >= 4 is 17.4 Å². The van der Waals surface area contributed by atoms with E-state index in [-0.39, 0.29) is 17.4 Å².